The lowest BCUT2D eigenvalue weighted by Gasteiger charge is -2.17. The Morgan fingerprint density at radius 2 is 2.00 bits per heavy atom. The molecule has 1 atom stereocenters. The van der Waals surface area contributed by atoms with Gasteiger partial charge in [-0.25, -0.2) is 0 Å². The van der Waals surface area contributed by atoms with Crippen molar-refractivity contribution in [3.05, 3.63) is 54.6 Å². The third-order valence-electron chi connectivity index (χ3n) is 2.92. The molecule has 1 heterocycles. The molecular weight excluding hydrogens is 330 g/mol. The lowest BCUT2D eigenvalue weighted by molar-refractivity contribution is 0.703. The molecule has 0 aliphatic rings. The van der Waals surface area contributed by atoms with E-state index >= 15 is 0 Å². The zero-order chi connectivity index (χ0) is 13.3. The lowest BCUT2D eigenvalue weighted by Crippen LogP contribution is -2.16. The molecule has 1 N–H and O–H groups in total. The molecule has 1 nitrogen and oxygen atoms in total. The third-order valence-corrected chi connectivity index (χ3v) is 5.45. The van der Waals surface area contributed by atoms with Crippen LogP contribution in [0.2, 0.25) is 5.02 Å². The maximum absolute atomic E-state index is 6.35. The fraction of sp³-hybridized carbons (Fsp3) is 0.286. The van der Waals surface area contributed by atoms with Crippen LogP contribution in [0.1, 0.15) is 26.9 Å². The average Bonchev–Trinajstić information content (AvgIpc) is 2.63. The molecule has 2 aromatic rings. The number of thiophene rings is 1. The molecule has 0 spiro atoms. The molecule has 2 rings (SSSR count). The molecule has 0 aliphatic heterocycles. The van der Waals surface area contributed by atoms with Gasteiger partial charge in [-0.15, -0.1) is 11.3 Å². The second-order valence-corrected chi connectivity index (χ2v) is 6.85. The molecule has 0 fully saturated rings. The minimum absolute atomic E-state index is 0.146. The van der Waals surface area contributed by atoms with Crippen LogP contribution in [0.3, 0.4) is 0 Å². The van der Waals surface area contributed by atoms with Crippen LogP contribution in [0.15, 0.2) is 28.7 Å². The Labute approximate surface area is 125 Å². The number of hydrogen-bond acceptors (Lipinski definition) is 2. The van der Waals surface area contributed by atoms with Crippen LogP contribution in [0.25, 0.3) is 0 Å². The van der Waals surface area contributed by atoms with Crippen molar-refractivity contribution in [1.29, 1.82) is 0 Å². The maximum Gasteiger partial charge on any atom is 0.0683 e. The number of halogens is 2. The Bertz CT molecular complexity index is 545. The number of hydrogen-bond donors (Lipinski definition) is 1. The van der Waals surface area contributed by atoms with Crippen LogP contribution in [0.5, 0.6) is 0 Å². The van der Waals surface area contributed by atoms with E-state index in [4.69, 9.17) is 11.6 Å². The van der Waals surface area contributed by atoms with Crippen molar-refractivity contribution in [2.75, 3.05) is 7.05 Å². The third kappa shape index (κ3) is 2.80. The number of rotatable bonds is 3. The highest BCUT2D eigenvalue weighted by molar-refractivity contribution is 9.10. The summed E-state index contributed by atoms with van der Waals surface area (Å²) in [5, 5.41) is 4.16. The van der Waals surface area contributed by atoms with E-state index in [1.54, 1.807) is 11.3 Å². The highest BCUT2D eigenvalue weighted by Gasteiger charge is 2.18. The molecule has 4 heteroatoms. The monoisotopic (exact) mass is 343 g/mol. The topological polar surface area (TPSA) is 12.0 Å². The van der Waals surface area contributed by atoms with Gasteiger partial charge in [0.2, 0.25) is 0 Å². The van der Waals surface area contributed by atoms with Crippen molar-refractivity contribution < 1.29 is 0 Å². The fourth-order valence-electron chi connectivity index (χ4n) is 1.94. The largest absolute Gasteiger partial charge is 0.309 e. The van der Waals surface area contributed by atoms with Gasteiger partial charge in [0.1, 0.15) is 0 Å². The van der Waals surface area contributed by atoms with E-state index in [9.17, 15) is 0 Å². The van der Waals surface area contributed by atoms with Crippen LogP contribution in [0, 0.1) is 13.8 Å². The summed E-state index contributed by atoms with van der Waals surface area (Å²) in [4.78, 5) is 2.56. The molecule has 1 aromatic carbocycles. The van der Waals surface area contributed by atoms with Crippen molar-refractivity contribution >= 4 is 38.9 Å². The summed E-state index contributed by atoms with van der Waals surface area (Å²) in [6.07, 6.45) is 0. The first-order chi connectivity index (χ1) is 8.52. The maximum atomic E-state index is 6.35. The molecule has 0 amide bonds. The summed E-state index contributed by atoms with van der Waals surface area (Å²) in [5.41, 5.74) is 2.31. The van der Waals surface area contributed by atoms with Crippen molar-refractivity contribution in [1.82, 2.24) is 5.32 Å². The Hall–Kier alpha value is -0.350. The summed E-state index contributed by atoms with van der Waals surface area (Å²) < 4.78 is 1.16. The lowest BCUT2D eigenvalue weighted by atomic mass is 10.0. The number of aryl methyl sites for hydroxylation is 2. The molecule has 0 bridgehead atoms. The van der Waals surface area contributed by atoms with Gasteiger partial charge in [-0.05, 0) is 60.1 Å². The van der Waals surface area contributed by atoms with E-state index in [0.29, 0.717) is 0 Å². The van der Waals surface area contributed by atoms with Gasteiger partial charge in [-0.1, -0.05) is 23.7 Å². The highest BCUT2D eigenvalue weighted by atomic mass is 79.9. The molecule has 1 aromatic heterocycles. The molecule has 0 saturated carbocycles. The van der Waals surface area contributed by atoms with Gasteiger partial charge in [0.15, 0.2) is 0 Å². The Balaban J connectivity index is 2.45. The standard InChI is InChI=1S/C14H15BrClNS/c1-8-4-5-10(12(16)6-8)14(17-3)13-7-11(15)9(2)18-13/h4-7,14,17H,1-3H3. The second kappa shape index (κ2) is 5.74. The normalized spacial score (nSPS) is 12.7. The summed E-state index contributed by atoms with van der Waals surface area (Å²) in [7, 11) is 1.96. The second-order valence-electron chi connectivity index (χ2n) is 4.30. The van der Waals surface area contributed by atoms with Gasteiger partial charge in [0.05, 0.1) is 6.04 Å². The van der Waals surface area contributed by atoms with Crippen molar-refractivity contribution in [2.24, 2.45) is 0 Å². The van der Waals surface area contributed by atoms with E-state index in [2.05, 4.69) is 53.3 Å². The molecule has 0 aliphatic carbocycles. The van der Waals surface area contributed by atoms with E-state index in [0.717, 1.165) is 15.1 Å². The smallest absolute Gasteiger partial charge is 0.0683 e. The average molecular weight is 345 g/mol. The van der Waals surface area contributed by atoms with E-state index in [1.165, 1.54) is 15.3 Å². The van der Waals surface area contributed by atoms with Gasteiger partial charge in [-0.3, -0.25) is 0 Å². The predicted octanol–water partition coefficient (Wildman–Crippen LogP) is 5.09. The van der Waals surface area contributed by atoms with E-state index in [-0.39, 0.29) is 6.04 Å². The molecule has 18 heavy (non-hydrogen) atoms. The van der Waals surface area contributed by atoms with Crippen molar-refractivity contribution in [3.63, 3.8) is 0 Å². The van der Waals surface area contributed by atoms with Crippen LogP contribution < -0.4 is 5.32 Å². The van der Waals surface area contributed by atoms with Crippen molar-refractivity contribution in [2.45, 2.75) is 19.9 Å². The summed E-state index contributed by atoms with van der Waals surface area (Å²) in [6, 6.07) is 8.52. The quantitative estimate of drug-likeness (QED) is 0.818. The Morgan fingerprint density at radius 3 is 2.50 bits per heavy atom. The van der Waals surface area contributed by atoms with Crippen LogP contribution in [-0.2, 0) is 0 Å². The Morgan fingerprint density at radius 1 is 1.28 bits per heavy atom. The highest BCUT2D eigenvalue weighted by Crippen LogP contribution is 2.36. The van der Waals surface area contributed by atoms with Gasteiger partial charge < -0.3 is 5.32 Å². The fourth-order valence-corrected chi connectivity index (χ4v) is 3.98. The molecule has 96 valence electrons. The first-order valence-electron chi connectivity index (χ1n) is 5.72. The molecular formula is C14H15BrClNS. The van der Waals surface area contributed by atoms with Crippen LogP contribution >= 0.6 is 38.9 Å². The van der Waals surface area contributed by atoms with Crippen molar-refractivity contribution in [3.8, 4) is 0 Å². The van der Waals surface area contributed by atoms with E-state index < -0.39 is 0 Å². The van der Waals surface area contributed by atoms with Gasteiger partial charge in [0.25, 0.3) is 0 Å². The first kappa shape index (κ1) is 14.1. The molecule has 0 saturated heterocycles. The Kier molecular flexibility index (Phi) is 4.49. The van der Waals surface area contributed by atoms with Crippen LogP contribution in [0.4, 0.5) is 0 Å². The summed E-state index contributed by atoms with van der Waals surface area (Å²) >= 11 is 11.7. The predicted molar refractivity (Wildman–Crippen MR) is 83.8 cm³/mol. The molecule has 0 radical (unpaired) electrons. The summed E-state index contributed by atoms with van der Waals surface area (Å²) in [5.74, 6) is 0. The van der Waals surface area contributed by atoms with Gasteiger partial charge in [0, 0.05) is 19.2 Å². The zero-order valence-corrected chi connectivity index (χ0v) is 13.7. The minimum Gasteiger partial charge on any atom is -0.309 e. The molecule has 1 unspecified atom stereocenters. The summed E-state index contributed by atoms with van der Waals surface area (Å²) in [6.45, 7) is 4.16. The van der Waals surface area contributed by atoms with E-state index in [1.807, 2.05) is 13.1 Å². The van der Waals surface area contributed by atoms with Gasteiger partial charge >= 0.3 is 0 Å². The SMILES string of the molecule is CNC(c1cc(Br)c(C)s1)c1ccc(C)cc1Cl. The van der Waals surface area contributed by atoms with Crippen LogP contribution in [-0.4, -0.2) is 7.05 Å². The number of benzene rings is 1. The minimum atomic E-state index is 0.146. The zero-order valence-electron chi connectivity index (χ0n) is 10.6. The van der Waals surface area contributed by atoms with Gasteiger partial charge in [-0.2, -0.15) is 0 Å². The number of nitrogens with one attached hydrogen (secondary N) is 1. The first-order valence-corrected chi connectivity index (χ1v) is 7.71.